The summed E-state index contributed by atoms with van der Waals surface area (Å²) in [5, 5.41) is 2.28. The Balaban J connectivity index is 2.15. The number of nitrogens with zero attached hydrogens (tertiary/aromatic N) is 1. The molecule has 0 saturated carbocycles. The van der Waals surface area contributed by atoms with E-state index in [-0.39, 0.29) is 11.3 Å². The van der Waals surface area contributed by atoms with Crippen LogP contribution in [-0.2, 0) is 0 Å². The summed E-state index contributed by atoms with van der Waals surface area (Å²) in [5.74, 6) is -15.8. The molecule has 0 unspecified atom stereocenters. The summed E-state index contributed by atoms with van der Waals surface area (Å²) in [6.45, 7) is 0. The smallest absolute Gasteiger partial charge is 0.428 e. The Morgan fingerprint density at radius 3 is 1.93 bits per heavy atom. The normalized spacial score (nSPS) is 13.1. The average Bonchev–Trinajstić information content (AvgIpc) is 2.62. The summed E-state index contributed by atoms with van der Waals surface area (Å²) in [5.41, 5.74) is 0.0790. The molecule has 1 aromatic heterocycles. The third-order valence-electron chi connectivity index (χ3n) is 3.40. The molecule has 0 fully saturated rings. The van der Waals surface area contributed by atoms with Crippen LogP contribution in [0.3, 0.4) is 0 Å². The molecule has 0 atom stereocenters. The molecule has 0 aliphatic heterocycles. The van der Waals surface area contributed by atoms with Gasteiger partial charge in [-0.2, -0.15) is 39.5 Å². The van der Waals surface area contributed by atoms with Crippen LogP contribution in [0.15, 0.2) is 48.8 Å². The van der Waals surface area contributed by atoms with Crippen molar-refractivity contribution in [2.75, 3.05) is 5.32 Å². The predicted octanol–water partition coefficient (Wildman–Crippen LogP) is 5.14. The summed E-state index contributed by atoms with van der Waals surface area (Å²) < 4.78 is 118. The molecule has 1 heterocycles. The van der Waals surface area contributed by atoms with Crippen LogP contribution >= 0.6 is 0 Å². The van der Waals surface area contributed by atoms with Crippen LogP contribution in [0.4, 0.5) is 45.2 Å². The Morgan fingerprint density at radius 1 is 0.862 bits per heavy atom. The number of alkyl halides is 9. The number of anilines is 1. The number of carbonyl (C=O) groups is 1. The number of carbonyl (C=O) groups excluding carboxylic acids is 1. The number of nitrogens with one attached hydrogen (secondary N) is 1. The van der Waals surface area contributed by atoms with Crippen molar-refractivity contribution in [2.45, 2.75) is 24.1 Å². The fraction of sp³-hybridized carbons (Fsp3) is 0.250. The molecule has 158 valence electrons. The Kier molecular flexibility index (Phi) is 5.72. The van der Waals surface area contributed by atoms with Gasteiger partial charge >= 0.3 is 24.1 Å². The number of rotatable bonds is 6. The van der Waals surface area contributed by atoms with Crippen molar-refractivity contribution in [3.05, 3.63) is 54.4 Å². The summed E-state index contributed by atoms with van der Waals surface area (Å²) in [6, 6.07) is 5.72. The average molecular weight is 432 g/mol. The highest BCUT2D eigenvalue weighted by Crippen LogP contribution is 2.53. The summed E-state index contributed by atoms with van der Waals surface area (Å²) >= 11 is 0. The molecule has 0 aliphatic carbocycles. The third-order valence-corrected chi connectivity index (χ3v) is 3.40. The van der Waals surface area contributed by atoms with Crippen molar-refractivity contribution in [3.63, 3.8) is 0 Å². The second-order valence-electron chi connectivity index (χ2n) is 5.49. The number of ether oxygens (including phenoxy) is 1. The van der Waals surface area contributed by atoms with E-state index in [9.17, 15) is 44.3 Å². The van der Waals surface area contributed by atoms with Gasteiger partial charge in [0.05, 0.1) is 5.56 Å². The number of hydrogen-bond acceptors (Lipinski definition) is 3. The summed E-state index contributed by atoms with van der Waals surface area (Å²) in [7, 11) is 0. The minimum absolute atomic E-state index is 0.0399. The topological polar surface area (TPSA) is 51.2 Å². The van der Waals surface area contributed by atoms with Crippen LogP contribution in [0.1, 0.15) is 10.4 Å². The molecule has 0 spiro atoms. The van der Waals surface area contributed by atoms with Crippen molar-refractivity contribution >= 4 is 11.6 Å². The third kappa shape index (κ3) is 4.38. The number of pyridine rings is 1. The Morgan fingerprint density at radius 2 is 1.45 bits per heavy atom. The Labute approximate surface area is 156 Å². The second kappa shape index (κ2) is 7.44. The van der Waals surface area contributed by atoms with Gasteiger partial charge in [0.2, 0.25) is 0 Å². The van der Waals surface area contributed by atoms with Crippen LogP contribution in [0.5, 0.6) is 5.75 Å². The second-order valence-corrected chi connectivity index (χ2v) is 5.49. The van der Waals surface area contributed by atoms with E-state index in [0.717, 1.165) is 12.1 Å². The molecule has 29 heavy (non-hydrogen) atoms. The van der Waals surface area contributed by atoms with Crippen molar-refractivity contribution in [1.82, 2.24) is 4.98 Å². The standard InChI is InChI=1S/C16H9F9N2O2/c17-13(18,15(21,22)23)14(19,20)16(24,25)29-11-5-3-10(4-6-11)27-12(28)9-2-1-7-26-8-9/h1-8H,(H,27,28). The fourth-order valence-electron chi connectivity index (χ4n) is 1.88. The minimum Gasteiger partial charge on any atom is -0.428 e. The monoisotopic (exact) mass is 432 g/mol. The van der Waals surface area contributed by atoms with Gasteiger partial charge in [-0.3, -0.25) is 9.78 Å². The molecule has 1 N–H and O–H groups in total. The zero-order chi connectivity index (χ0) is 22.1. The fourth-order valence-corrected chi connectivity index (χ4v) is 1.88. The molecule has 1 aromatic carbocycles. The van der Waals surface area contributed by atoms with Crippen LogP contribution in [0.2, 0.25) is 0 Å². The van der Waals surface area contributed by atoms with Crippen LogP contribution < -0.4 is 10.1 Å². The van der Waals surface area contributed by atoms with Gasteiger partial charge in [-0.15, -0.1) is 0 Å². The first-order valence-corrected chi connectivity index (χ1v) is 7.39. The van der Waals surface area contributed by atoms with Crippen molar-refractivity contribution < 1.29 is 49.0 Å². The molecule has 2 rings (SSSR count). The largest absolute Gasteiger partial charge is 0.471 e. The van der Waals surface area contributed by atoms with Crippen LogP contribution in [0, 0.1) is 0 Å². The van der Waals surface area contributed by atoms with Gasteiger partial charge in [0, 0.05) is 18.1 Å². The molecule has 0 radical (unpaired) electrons. The first kappa shape index (κ1) is 22.3. The van der Waals surface area contributed by atoms with E-state index >= 15 is 0 Å². The molecule has 13 heteroatoms. The first-order valence-electron chi connectivity index (χ1n) is 7.39. The van der Waals surface area contributed by atoms with Crippen molar-refractivity contribution in [2.24, 2.45) is 0 Å². The van der Waals surface area contributed by atoms with Crippen LogP contribution in [0.25, 0.3) is 0 Å². The van der Waals surface area contributed by atoms with Gasteiger partial charge < -0.3 is 10.1 Å². The quantitative estimate of drug-likeness (QED) is 0.644. The number of amides is 1. The first-order chi connectivity index (χ1) is 13.2. The van der Waals surface area contributed by atoms with Gasteiger partial charge in [-0.05, 0) is 36.4 Å². The number of aromatic nitrogens is 1. The van der Waals surface area contributed by atoms with Crippen molar-refractivity contribution in [1.29, 1.82) is 0 Å². The minimum atomic E-state index is -7.05. The lowest BCUT2D eigenvalue weighted by Gasteiger charge is -2.33. The van der Waals surface area contributed by atoms with E-state index in [4.69, 9.17) is 0 Å². The molecule has 4 nitrogen and oxygen atoms in total. The molecular weight excluding hydrogens is 423 g/mol. The van der Waals surface area contributed by atoms with Gasteiger partial charge in [0.15, 0.2) is 0 Å². The summed E-state index contributed by atoms with van der Waals surface area (Å²) in [6.07, 6.45) is -10.5. The molecule has 2 aromatic rings. The zero-order valence-electron chi connectivity index (χ0n) is 13.8. The Hall–Kier alpha value is -2.99. The van der Waals surface area contributed by atoms with Gasteiger partial charge in [0.1, 0.15) is 5.75 Å². The lowest BCUT2D eigenvalue weighted by atomic mass is 10.1. The van der Waals surface area contributed by atoms with Crippen molar-refractivity contribution in [3.8, 4) is 5.75 Å². The maximum Gasteiger partial charge on any atom is 0.471 e. The van der Waals surface area contributed by atoms with E-state index in [0.29, 0.717) is 12.1 Å². The van der Waals surface area contributed by atoms with E-state index in [1.807, 2.05) is 0 Å². The van der Waals surface area contributed by atoms with E-state index in [1.165, 1.54) is 24.5 Å². The highest BCUT2D eigenvalue weighted by Gasteiger charge is 2.83. The van der Waals surface area contributed by atoms with Crippen LogP contribution in [-0.4, -0.2) is 35.0 Å². The molecule has 0 saturated heterocycles. The predicted molar refractivity (Wildman–Crippen MR) is 80.2 cm³/mol. The van der Waals surface area contributed by atoms with Gasteiger partial charge in [-0.25, -0.2) is 0 Å². The lowest BCUT2D eigenvalue weighted by Crippen LogP contribution is -2.62. The van der Waals surface area contributed by atoms with E-state index in [2.05, 4.69) is 15.0 Å². The summed E-state index contributed by atoms with van der Waals surface area (Å²) in [4.78, 5) is 15.6. The highest BCUT2D eigenvalue weighted by molar-refractivity contribution is 6.04. The molecule has 1 amide bonds. The number of halogens is 9. The molecule has 0 bridgehead atoms. The van der Waals surface area contributed by atoms with Gasteiger partial charge in [-0.1, -0.05) is 0 Å². The number of benzene rings is 1. The lowest BCUT2D eigenvalue weighted by molar-refractivity contribution is -0.428. The van der Waals surface area contributed by atoms with Gasteiger partial charge in [0.25, 0.3) is 5.91 Å². The Bertz CT molecular complexity index is 853. The molecular formula is C16H9F9N2O2. The van der Waals surface area contributed by atoms with E-state index in [1.54, 1.807) is 0 Å². The molecule has 0 aliphatic rings. The zero-order valence-corrected chi connectivity index (χ0v) is 13.8. The maximum atomic E-state index is 13.4. The maximum absolute atomic E-state index is 13.4. The highest BCUT2D eigenvalue weighted by atomic mass is 19.4. The number of hydrogen-bond donors (Lipinski definition) is 1. The SMILES string of the molecule is O=C(Nc1ccc(OC(F)(F)C(F)(F)C(F)(F)C(F)(F)F)cc1)c1cccnc1. The van der Waals surface area contributed by atoms with E-state index < -0.39 is 35.8 Å².